The SMILES string of the molecule is Cc1cc(Br)ccc1OCC(=O)NC[C@@H](O)c1ccc(OCOCC[Si](C)(C)C)c(N(COCC[Si](C)(C)C)S(C)(=O)=O)c1. The molecule has 248 valence electrons. The molecule has 0 unspecified atom stereocenters. The highest BCUT2D eigenvalue weighted by Gasteiger charge is 2.24. The van der Waals surface area contributed by atoms with Crippen molar-refractivity contribution >= 4 is 53.7 Å². The molecule has 2 aromatic carbocycles. The summed E-state index contributed by atoms with van der Waals surface area (Å²) in [6, 6.07) is 12.1. The first-order valence-electron chi connectivity index (χ1n) is 14.6. The lowest BCUT2D eigenvalue weighted by atomic mass is 10.1. The highest BCUT2D eigenvalue weighted by molar-refractivity contribution is 9.10. The van der Waals surface area contributed by atoms with E-state index in [1.807, 2.05) is 19.1 Å². The number of amides is 1. The number of sulfonamides is 1. The van der Waals surface area contributed by atoms with E-state index in [1.54, 1.807) is 24.3 Å². The van der Waals surface area contributed by atoms with E-state index < -0.39 is 38.2 Å². The van der Waals surface area contributed by atoms with E-state index >= 15 is 0 Å². The molecule has 0 aliphatic rings. The van der Waals surface area contributed by atoms with Gasteiger partial charge in [0.1, 0.15) is 18.2 Å². The molecule has 0 aliphatic heterocycles. The number of hydrogen-bond donors (Lipinski definition) is 2. The maximum absolute atomic E-state index is 12.9. The van der Waals surface area contributed by atoms with Crippen LogP contribution in [0.15, 0.2) is 40.9 Å². The number of benzene rings is 2. The van der Waals surface area contributed by atoms with E-state index in [0.29, 0.717) is 24.5 Å². The van der Waals surface area contributed by atoms with Crippen LogP contribution in [-0.2, 0) is 24.3 Å². The Balaban J connectivity index is 2.17. The fourth-order valence-electron chi connectivity index (χ4n) is 3.77. The molecule has 1 amide bonds. The average Bonchev–Trinajstić information content (AvgIpc) is 2.89. The molecule has 0 bridgehead atoms. The first-order chi connectivity index (χ1) is 20.4. The van der Waals surface area contributed by atoms with Gasteiger partial charge in [0.05, 0.1) is 18.0 Å². The van der Waals surface area contributed by atoms with Gasteiger partial charge in [0.15, 0.2) is 13.4 Å². The smallest absolute Gasteiger partial charge is 0.258 e. The van der Waals surface area contributed by atoms with Crippen molar-refractivity contribution in [2.24, 2.45) is 0 Å². The van der Waals surface area contributed by atoms with Crippen LogP contribution in [0.2, 0.25) is 51.4 Å². The van der Waals surface area contributed by atoms with Gasteiger partial charge in [-0.15, -0.1) is 0 Å². The van der Waals surface area contributed by atoms with Crippen LogP contribution >= 0.6 is 15.9 Å². The van der Waals surface area contributed by atoms with Gasteiger partial charge in [-0.3, -0.25) is 4.79 Å². The first kappa shape index (κ1) is 38.2. The number of aliphatic hydroxyl groups excluding tert-OH is 1. The highest BCUT2D eigenvalue weighted by atomic mass is 79.9. The van der Waals surface area contributed by atoms with Crippen molar-refractivity contribution in [3.8, 4) is 11.5 Å². The molecule has 2 rings (SSSR count). The van der Waals surface area contributed by atoms with E-state index in [-0.39, 0.29) is 38.1 Å². The normalized spacial score (nSPS) is 13.0. The second-order valence-electron chi connectivity index (χ2n) is 13.2. The summed E-state index contributed by atoms with van der Waals surface area (Å²) < 4.78 is 50.9. The monoisotopic (exact) mass is 732 g/mol. The largest absolute Gasteiger partial charge is 0.484 e. The molecule has 10 nitrogen and oxygen atoms in total. The lowest BCUT2D eigenvalue weighted by molar-refractivity contribution is -0.123. The Morgan fingerprint density at radius 3 is 2.16 bits per heavy atom. The quantitative estimate of drug-likeness (QED) is 0.106. The molecule has 0 aromatic heterocycles. The van der Waals surface area contributed by atoms with Crippen molar-refractivity contribution < 1.29 is 37.3 Å². The van der Waals surface area contributed by atoms with E-state index in [0.717, 1.165) is 32.7 Å². The minimum absolute atomic E-state index is 0.0542. The maximum atomic E-state index is 12.9. The number of nitrogens with one attached hydrogen (secondary N) is 1. The number of hydrogen-bond acceptors (Lipinski definition) is 8. The van der Waals surface area contributed by atoms with E-state index in [4.69, 9.17) is 18.9 Å². The van der Waals surface area contributed by atoms with Crippen LogP contribution in [-0.4, -0.2) is 81.7 Å². The zero-order valence-electron chi connectivity index (χ0n) is 27.2. The second kappa shape index (κ2) is 17.1. The van der Waals surface area contributed by atoms with E-state index in [9.17, 15) is 18.3 Å². The summed E-state index contributed by atoms with van der Waals surface area (Å²) in [6.45, 7) is 15.7. The van der Waals surface area contributed by atoms with Gasteiger partial charge in [-0.1, -0.05) is 61.3 Å². The van der Waals surface area contributed by atoms with Crippen LogP contribution in [0, 0.1) is 6.92 Å². The lowest BCUT2D eigenvalue weighted by Crippen LogP contribution is -2.34. The number of nitrogens with zero attached hydrogens (tertiary/aromatic N) is 1. The van der Waals surface area contributed by atoms with Crippen molar-refractivity contribution in [2.75, 3.05) is 50.5 Å². The van der Waals surface area contributed by atoms with Crippen molar-refractivity contribution in [3.63, 3.8) is 0 Å². The molecule has 1 atom stereocenters. The van der Waals surface area contributed by atoms with Crippen LogP contribution in [0.3, 0.4) is 0 Å². The van der Waals surface area contributed by atoms with Gasteiger partial charge in [0.2, 0.25) is 10.0 Å². The van der Waals surface area contributed by atoms with Gasteiger partial charge in [-0.25, -0.2) is 12.7 Å². The number of rotatable bonds is 19. The Labute approximate surface area is 273 Å². The number of aryl methyl sites for hydroxylation is 1. The number of ether oxygens (including phenoxy) is 4. The van der Waals surface area contributed by atoms with Crippen molar-refractivity contribution in [1.29, 1.82) is 0 Å². The third-order valence-electron chi connectivity index (χ3n) is 6.52. The molecular weight excluding hydrogens is 684 g/mol. The Hall–Kier alpha value is -1.95. The molecule has 14 heteroatoms. The molecule has 0 heterocycles. The number of carbonyl (C=O) groups excluding carboxylic acids is 1. The Kier molecular flexibility index (Phi) is 14.9. The first-order valence-corrected chi connectivity index (χ1v) is 24.6. The minimum Gasteiger partial charge on any atom is -0.484 e. The molecule has 44 heavy (non-hydrogen) atoms. The molecule has 2 N–H and O–H groups in total. The molecule has 0 fully saturated rings. The third kappa shape index (κ3) is 14.4. The van der Waals surface area contributed by atoms with Gasteiger partial charge < -0.3 is 29.4 Å². The van der Waals surface area contributed by atoms with Crippen LogP contribution in [0.5, 0.6) is 11.5 Å². The molecule has 0 spiro atoms. The average molecular weight is 734 g/mol. The summed E-state index contributed by atoms with van der Waals surface area (Å²) in [5.74, 6) is 0.451. The molecule has 0 aliphatic carbocycles. The molecule has 2 aromatic rings. The standard InChI is InChI=1S/C30H49BrN2O8SSi2/c1-23-17-25(31)10-12-28(23)40-20-30(35)32-19-27(34)24-9-11-29(41-22-39-14-16-44(6,7)8)26(18-24)33(42(2,36)37)21-38-13-15-43(3,4)5/h9-12,17-18,27,34H,13-16,19-22H2,1-8H3,(H,32,35)/t27-/m1/s1. The predicted octanol–water partition coefficient (Wildman–Crippen LogP) is 5.76. The van der Waals surface area contributed by atoms with E-state index in [2.05, 4.69) is 60.5 Å². The Bertz CT molecular complexity index is 1330. The molecular formula is C30H49BrN2O8SSi2. The molecule has 0 saturated carbocycles. The number of anilines is 1. The van der Waals surface area contributed by atoms with Gasteiger partial charge in [0, 0.05) is 40.4 Å². The van der Waals surface area contributed by atoms with Crippen molar-refractivity contribution in [2.45, 2.75) is 64.4 Å². The van der Waals surface area contributed by atoms with Crippen LogP contribution in [0.1, 0.15) is 17.2 Å². The number of aliphatic hydroxyl groups is 1. The summed E-state index contributed by atoms with van der Waals surface area (Å²) >= 11 is 3.40. The van der Waals surface area contributed by atoms with Crippen molar-refractivity contribution in [1.82, 2.24) is 5.32 Å². The fraction of sp³-hybridized carbons (Fsp3) is 0.567. The van der Waals surface area contributed by atoms with Gasteiger partial charge in [-0.2, -0.15) is 0 Å². The van der Waals surface area contributed by atoms with Crippen molar-refractivity contribution in [3.05, 3.63) is 52.0 Å². The third-order valence-corrected chi connectivity index (χ3v) is 11.5. The second-order valence-corrected chi connectivity index (χ2v) is 27.3. The summed E-state index contributed by atoms with van der Waals surface area (Å²) in [6.07, 6.45) is -0.0251. The van der Waals surface area contributed by atoms with Crippen LogP contribution < -0.4 is 19.1 Å². The molecule has 0 saturated heterocycles. The predicted molar refractivity (Wildman–Crippen MR) is 185 cm³/mol. The lowest BCUT2D eigenvalue weighted by Gasteiger charge is -2.26. The van der Waals surface area contributed by atoms with Gasteiger partial charge >= 0.3 is 0 Å². The molecule has 0 radical (unpaired) electrons. The zero-order valence-corrected chi connectivity index (χ0v) is 31.6. The number of carbonyl (C=O) groups is 1. The van der Waals surface area contributed by atoms with Crippen LogP contribution in [0.25, 0.3) is 0 Å². The fourth-order valence-corrected chi connectivity index (χ4v) is 6.52. The Morgan fingerprint density at radius 2 is 1.57 bits per heavy atom. The van der Waals surface area contributed by atoms with Gasteiger partial charge in [0.25, 0.3) is 5.91 Å². The minimum atomic E-state index is -3.79. The summed E-state index contributed by atoms with van der Waals surface area (Å²) in [7, 11) is -6.46. The van der Waals surface area contributed by atoms with Crippen LogP contribution in [0.4, 0.5) is 5.69 Å². The summed E-state index contributed by atoms with van der Waals surface area (Å²) in [5, 5.41) is 13.6. The van der Waals surface area contributed by atoms with Gasteiger partial charge in [-0.05, 0) is 60.5 Å². The Morgan fingerprint density at radius 1 is 0.955 bits per heavy atom. The zero-order chi connectivity index (χ0) is 33.1. The maximum Gasteiger partial charge on any atom is 0.258 e. The van der Waals surface area contributed by atoms with E-state index in [1.165, 1.54) is 0 Å². The summed E-state index contributed by atoms with van der Waals surface area (Å²) in [4.78, 5) is 12.5. The highest BCUT2D eigenvalue weighted by Crippen LogP contribution is 2.33. The topological polar surface area (TPSA) is 124 Å². The summed E-state index contributed by atoms with van der Waals surface area (Å²) in [5.41, 5.74) is 1.49. The number of halogens is 1.